The fourth-order valence-electron chi connectivity index (χ4n) is 2.49. The normalized spacial score (nSPS) is 35.2. The Morgan fingerprint density at radius 3 is 2.79 bits per heavy atom. The molecule has 19 heavy (non-hydrogen) atoms. The molecule has 0 radical (unpaired) electrons. The van der Waals surface area contributed by atoms with Crippen molar-refractivity contribution in [2.45, 2.75) is 24.4 Å². The molecule has 2 rings (SSSR count). The second kappa shape index (κ2) is 5.95. The van der Waals surface area contributed by atoms with E-state index in [0.29, 0.717) is 12.6 Å². The molecule has 0 aliphatic carbocycles. The summed E-state index contributed by atoms with van der Waals surface area (Å²) in [7, 11) is -3.10. The Kier molecular flexibility index (Phi) is 4.70. The average Bonchev–Trinajstić information content (AvgIpc) is 2.55. The first kappa shape index (κ1) is 15.0. The van der Waals surface area contributed by atoms with E-state index in [1.165, 1.54) is 0 Å². The molecule has 0 saturated carbocycles. The summed E-state index contributed by atoms with van der Waals surface area (Å²) >= 11 is 5.96. The lowest BCUT2D eigenvalue weighted by molar-refractivity contribution is -0.123. The van der Waals surface area contributed by atoms with Crippen molar-refractivity contribution in [3.05, 3.63) is 0 Å². The molecule has 2 heterocycles. The lowest BCUT2D eigenvalue weighted by Gasteiger charge is -2.33. The average molecular weight is 310 g/mol. The third-order valence-electron chi connectivity index (χ3n) is 3.62. The van der Waals surface area contributed by atoms with Gasteiger partial charge in [-0.3, -0.25) is 9.69 Å². The zero-order valence-corrected chi connectivity index (χ0v) is 12.5. The van der Waals surface area contributed by atoms with Gasteiger partial charge in [0.1, 0.15) is 0 Å². The molecular weight excluding hydrogens is 290 g/mol. The smallest absolute Gasteiger partial charge is 0.234 e. The van der Waals surface area contributed by atoms with Crippen LogP contribution in [0.2, 0.25) is 0 Å². The number of rotatable bonds is 3. The summed E-state index contributed by atoms with van der Waals surface area (Å²) in [5, 5.41) is 5.48. The molecule has 0 bridgehead atoms. The number of hydrogen-bond donors (Lipinski definition) is 2. The molecule has 2 saturated heterocycles. The zero-order valence-electron chi connectivity index (χ0n) is 10.9. The Balaban J connectivity index is 1.84. The van der Waals surface area contributed by atoms with Crippen LogP contribution in [0.3, 0.4) is 0 Å². The number of alkyl halides is 1. The maximum Gasteiger partial charge on any atom is 0.234 e. The second-order valence-corrected chi connectivity index (χ2v) is 8.00. The maximum absolute atomic E-state index is 11.9. The quantitative estimate of drug-likeness (QED) is 0.640. The highest BCUT2D eigenvalue weighted by atomic mass is 35.5. The van der Waals surface area contributed by atoms with Crippen molar-refractivity contribution in [1.29, 1.82) is 0 Å². The van der Waals surface area contributed by atoms with Crippen molar-refractivity contribution in [3.63, 3.8) is 0 Å². The van der Waals surface area contributed by atoms with Crippen LogP contribution < -0.4 is 10.6 Å². The molecule has 8 heteroatoms. The predicted molar refractivity (Wildman–Crippen MR) is 74.1 cm³/mol. The summed E-state index contributed by atoms with van der Waals surface area (Å²) in [6.07, 6.45) is 0. The minimum absolute atomic E-state index is 0.0516. The van der Waals surface area contributed by atoms with Gasteiger partial charge in [-0.1, -0.05) is 0 Å². The fraction of sp³-hybridized carbons (Fsp3) is 0.909. The first-order chi connectivity index (χ1) is 8.87. The Morgan fingerprint density at radius 1 is 1.47 bits per heavy atom. The number of sulfone groups is 1. The van der Waals surface area contributed by atoms with Gasteiger partial charge in [0.15, 0.2) is 9.84 Å². The van der Waals surface area contributed by atoms with Crippen molar-refractivity contribution in [2.24, 2.45) is 0 Å². The van der Waals surface area contributed by atoms with E-state index in [1.54, 1.807) is 0 Å². The topological polar surface area (TPSA) is 78.5 Å². The molecule has 2 unspecified atom stereocenters. The van der Waals surface area contributed by atoms with E-state index in [-0.39, 0.29) is 17.4 Å². The van der Waals surface area contributed by atoms with E-state index in [0.717, 1.165) is 19.6 Å². The highest BCUT2D eigenvalue weighted by molar-refractivity contribution is 7.91. The van der Waals surface area contributed by atoms with Crippen molar-refractivity contribution < 1.29 is 13.2 Å². The number of nitrogens with zero attached hydrogens (tertiary/aromatic N) is 1. The van der Waals surface area contributed by atoms with Crippen LogP contribution in [-0.4, -0.2) is 74.4 Å². The minimum Gasteiger partial charge on any atom is -0.350 e. The number of amides is 1. The van der Waals surface area contributed by atoms with E-state index in [1.807, 2.05) is 0 Å². The highest BCUT2D eigenvalue weighted by Crippen LogP contribution is 2.18. The zero-order chi connectivity index (χ0) is 14.0. The summed E-state index contributed by atoms with van der Waals surface area (Å²) in [5.74, 6) is -0.255. The van der Waals surface area contributed by atoms with Crippen molar-refractivity contribution in [3.8, 4) is 0 Å². The Hall–Kier alpha value is -0.370. The molecule has 2 fully saturated rings. The monoisotopic (exact) mass is 309 g/mol. The van der Waals surface area contributed by atoms with Crippen LogP contribution in [0.25, 0.3) is 0 Å². The summed E-state index contributed by atoms with van der Waals surface area (Å²) in [5.41, 5.74) is 0. The lowest BCUT2D eigenvalue weighted by Crippen LogP contribution is -2.54. The van der Waals surface area contributed by atoms with Crippen molar-refractivity contribution in [2.75, 3.05) is 37.7 Å². The second-order valence-electron chi connectivity index (χ2n) is 5.29. The first-order valence-electron chi connectivity index (χ1n) is 6.46. The summed E-state index contributed by atoms with van der Waals surface area (Å²) in [4.78, 5) is 14.0. The Morgan fingerprint density at radius 2 is 2.21 bits per heavy atom. The molecule has 0 aromatic rings. The van der Waals surface area contributed by atoms with Gasteiger partial charge in [0.05, 0.1) is 29.5 Å². The molecule has 0 aromatic heterocycles. The van der Waals surface area contributed by atoms with E-state index < -0.39 is 21.3 Å². The van der Waals surface area contributed by atoms with E-state index in [9.17, 15) is 13.2 Å². The van der Waals surface area contributed by atoms with Gasteiger partial charge < -0.3 is 10.6 Å². The van der Waals surface area contributed by atoms with Crippen LogP contribution in [-0.2, 0) is 14.6 Å². The molecule has 2 aliphatic rings. The summed E-state index contributed by atoms with van der Waals surface area (Å²) in [6, 6.07) is -0.156. The third kappa shape index (κ3) is 4.05. The van der Waals surface area contributed by atoms with Gasteiger partial charge in [0.25, 0.3) is 0 Å². The fourth-order valence-corrected chi connectivity index (χ4v) is 5.04. The molecular formula is C11H20ClN3O3S. The van der Waals surface area contributed by atoms with Gasteiger partial charge >= 0.3 is 0 Å². The minimum atomic E-state index is -3.10. The van der Waals surface area contributed by atoms with Gasteiger partial charge in [-0.25, -0.2) is 8.42 Å². The van der Waals surface area contributed by atoms with Gasteiger partial charge in [-0.15, -0.1) is 11.6 Å². The molecule has 2 aliphatic heterocycles. The Labute approximate surface area is 118 Å². The van der Waals surface area contributed by atoms with Crippen molar-refractivity contribution in [1.82, 2.24) is 15.5 Å². The van der Waals surface area contributed by atoms with Gasteiger partial charge in [0.2, 0.25) is 5.91 Å². The molecule has 0 aromatic carbocycles. The van der Waals surface area contributed by atoms with E-state index in [4.69, 9.17) is 11.6 Å². The van der Waals surface area contributed by atoms with Crippen LogP contribution in [0, 0.1) is 0 Å². The van der Waals surface area contributed by atoms with Crippen LogP contribution in [0.15, 0.2) is 0 Å². The maximum atomic E-state index is 11.9. The van der Waals surface area contributed by atoms with Crippen LogP contribution >= 0.6 is 11.6 Å². The van der Waals surface area contributed by atoms with E-state index in [2.05, 4.69) is 22.5 Å². The number of piperazine rings is 1. The SMILES string of the molecule is C[C@@H]1CNCCN1CC(=O)NC1CS(=O)(=O)CC1Cl. The van der Waals surface area contributed by atoms with Crippen LogP contribution in [0.5, 0.6) is 0 Å². The van der Waals surface area contributed by atoms with Gasteiger partial charge in [0, 0.05) is 25.7 Å². The molecule has 2 N–H and O–H groups in total. The first-order valence-corrected chi connectivity index (χ1v) is 8.72. The highest BCUT2D eigenvalue weighted by Gasteiger charge is 2.37. The molecule has 6 nitrogen and oxygen atoms in total. The number of carbonyl (C=O) groups is 1. The summed E-state index contributed by atoms with van der Waals surface area (Å²) in [6.45, 7) is 4.91. The van der Waals surface area contributed by atoms with Crippen LogP contribution in [0.4, 0.5) is 0 Å². The number of carbonyl (C=O) groups excluding carboxylic acids is 1. The predicted octanol–water partition coefficient (Wildman–Crippen LogP) is -1.20. The molecule has 110 valence electrons. The number of hydrogen-bond acceptors (Lipinski definition) is 5. The number of nitrogens with one attached hydrogen (secondary N) is 2. The standard InChI is InChI=1S/C11H20ClN3O3S/c1-8-4-13-2-3-15(8)5-11(16)14-10-7-19(17,18)6-9(10)12/h8-10,13H,2-7H2,1H3,(H,14,16)/t8-,9?,10?/m1/s1. The Bertz CT molecular complexity index is 442. The van der Waals surface area contributed by atoms with Crippen molar-refractivity contribution >= 4 is 27.3 Å². The molecule has 0 spiro atoms. The molecule has 3 atom stereocenters. The molecule has 1 amide bonds. The largest absolute Gasteiger partial charge is 0.350 e. The lowest BCUT2D eigenvalue weighted by atomic mass is 10.2. The van der Waals surface area contributed by atoms with Gasteiger partial charge in [-0.2, -0.15) is 0 Å². The van der Waals surface area contributed by atoms with Gasteiger partial charge in [-0.05, 0) is 6.92 Å². The summed E-state index contributed by atoms with van der Waals surface area (Å²) < 4.78 is 22.8. The van der Waals surface area contributed by atoms with Crippen LogP contribution in [0.1, 0.15) is 6.92 Å². The van der Waals surface area contributed by atoms with E-state index >= 15 is 0 Å². The number of halogens is 1. The third-order valence-corrected chi connectivity index (χ3v) is 5.99.